The van der Waals surface area contributed by atoms with E-state index in [1.807, 2.05) is 0 Å². The maximum atomic E-state index is 13.9. The molecule has 4 aromatic rings. The Morgan fingerprint density at radius 2 is 1.70 bits per heavy atom. The summed E-state index contributed by atoms with van der Waals surface area (Å²) in [5.41, 5.74) is -1.18. The monoisotopic (exact) mass is 628 g/mol. The minimum absolute atomic E-state index is 0.0857. The maximum absolute atomic E-state index is 13.9. The summed E-state index contributed by atoms with van der Waals surface area (Å²) in [5, 5.41) is 1.56. The Bertz CT molecular complexity index is 1860. The van der Waals surface area contributed by atoms with Crippen LogP contribution in [0.4, 0.5) is 19.3 Å². The zero-order valence-electron chi connectivity index (χ0n) is 24.5. The van der Waals surface area contributed by atoms with Gasteiger partial charge in [-0.1, -0.05) is 12.1 Å². The summed E-state index contributed by atoms with van der Waals surface area (Å²) in [6.45, 7) is 5.09. The highest BCUT2D eigenvalue weighted by molar-refractivity contribution is 7.91. The molecule has 14 heteroatoms. The molecule has 0 saturated carbocycles. The van der Waals surface area contributed by atoms with Crippen LogP contribution in [-0.4, -0.2) is 48.9 Å². The third-order valence-corrected chi connectivity index (χ3v) is 7.60. The van der Waals surface area contributed by atoms with Crippen molar-refractivity contribution in [1.82, 2.24) is 14.5 Å². The molecule has 0 aliphatic carbocycles. The van der Waals surface area contributed by atoms with Crippen molar-refractivity contribution in [3.05, 3.63) is 88.5 Å². The van der Waals surface area contributed by atoms with Gasteiger partial charge in [0.2, 0.25) is 9.84 Å². The van der Waals surface area contributed by atoms with E-state index in [9.17, 15) is 26.8 Å². The van der Waals surface area contributed by atoms with Gasteiger partial charge in [0.25, 0.3) is 17.1 Å². The largest absolute Gasteiger partial charge is 0.493 e. The van der Waals surface area contributed by atoms with Crippen LogP contribution in [-0.2, 0) is 21.1 Å². The number of aromatic nitrogens is 3. The number of rotatable bonds is 9. The molecule has 0 aliphatic heterocycles. The molecule has 0 radical (unpaired) electrons. The summed E-state index contributed by atoms with van der Waals surface area (Å²) in [4.78, 5) is 32.2. The average Bonchev–Trinajstić information content (AvgIpc) is 2.97. The molecule has 11 nitrogen and oxygen atoms in total. The summed E-state index contributed by atoms with van der Waals surface area (Å²) < 4.78 is 72.0. The molecule has 2 aromatic heterocycles. The number of ether oxygens (including phenoxy) is 3. The molecule has 0 bridgehead atoms. The van der Waals surface area contributed by atoms with Gasteiger partial charge in [-0.25, -0.2) is 32.0 Å². The predicted octanol–water partition coefficient (Wildman–Crippen LogP) is 5.49. The lowest BCUT2D eigenvalue weighted by atomic mass is 10.1. The lowest BCUT2D eigenvalue weighted by molar-refractivity contribution is 0.0636. The van der Waals surface area contributed by atoms with E-state index in [0.29, 0.717) is 17.1 Å². The van der Waals surface area contributed by atoms with Crippen molar-refractivity contribution in [3.8, 4) is 22.8 Å². The van der Waals surface area contributed by atoms with E-state index in [1.165, 1.54) is 55.3 Å². The Balaban J connectivity index is 1.72. The molecule has 2 aromatic carbocycles. The number of halogens is 2. The fraction of sp³-hybridized carbons (Fsp3) is 0.267. The van der Waals surface area contributed by atoms with E-state index in [4.69, 9.17) is 14.2 Å². The summed E-state index contributed by atoms with van der Waals surface area (Å²) >= 11 is 0. The summed E-state index contributed by atoms with van der Waals surface area (Å²) in [7, 11) is -1.57. The van der Waals surface area contributed by atoms with Gasteiger partial charge >= 0.3 is 6.09 Å². The number of carbonyl (C=O) groups excluding carboxylic acids is 1. The number of amides is 1. The fourth-order valence-electron chi connectivity index (χ4n) is 4.07. The van der Waals surface area contributed by atoms with Gasteiger partial charge in [-0.2, -0.15) is 0 Å². The normalized spacial score (nSPS) is 11.7. The molecule has 0 fully saturated rings. The Kier molecular flexibility index (Phi) is 9.33. The summed E-state index contributed by atoms with van der Waals surface area (Å²) in [5.74, 6) is 0.949. The van der Waals surface area contributed by atoms with E-state index in [-0.39, 0.29) is 28.4 Å². The van der Waals surface area contributed by atoms with Crippen LogP contribution in [0, 0.1) is 0 Å². The standard InChI is InChI=1S/C30H30F2N4O7S/c1-30(2,3)43-29(38)33-20-7-6-8-21(14-20)44(39,40)28-34-22(15-23(35-28)27(31)32)19-10-12-26(37)36(17-19)16-18-9-11-24(41-4)25(13-18)42-5/h6-15,17,27H,16H2,1-5H3,(H,33,38). The molecule has 1 N–H and O–H groups in total. The van der Waals surface area contributed by atoms with Crippen molar-refractivity contribution in [3.63, 3.8) is 0 Å². The Labute approximate surface area is 252 Å². The lowest BCUT2D eigenvalue weighted by Gasteiger charge is -2.19. The second-order valence-corrected chi connectivity index (χ2v) is 12.3. The molecule has 4 rings (SSSR count). The molecule has 2 heterocycles. The number of benzene rings is 2. The molecule has 0 spiro atoms. The first-order valence-corrected chi connectivity index (χ1v) is 14.6. The molecule has 232 valence electrons. The lowest BCUT2D eigenvalue weighted by Crippen LogP contribution is -2.27. The van der Waals surface area contributed by atoms with Crippen LogP contribution in [0.5, 0.6) is 11.5 Å². The minimum atomic E-state index is -4.54. The van der Waals surface area contributed by atoms with Crippen LogP contribution in [0.25, 0.3) is 11.3 Å². The van der Waals surface area contributed by atoms with Gasteiger partial charge in [-0.05, 0) is 68.8 Å². The third kappa shape index (κ3) is 7.56. The van der Waals surface area contributed by atoms with Gasteiger partial charge in [0.05, 0.1) is 31.4 Å². The number of hydrogen-bond donors (Lipinski definition) is 1. The molecule has 0 saturated heterocycles. The highest BCUT2D eigenvalue weighted by atomic mass is 32.2. The highest BCUT2D eigenvalue weighted by Crippen LogP contribution is 2.29. The third-order valence-electron chi connectivity index (χ3n) is 6.06. The van der Waals surface area contributed by atoms with Crippen molar-refractivity contribution in [2.75, 3.05) is 19.5 Å². The number of methoxy groups -OCH3 is 2. The first-order valence-electron chi connectivity index (χ1n) is 13.1. The number of hydrogen-bond acceptors (Lipinski definition) is 9. The molecule has 44 heavy (non-hydrogen) atoms. The number of carbonyl (C=O) groups is 1. The van der Waals surface area contributed by atoms with Gasteiger partial charge in [0.15, 0.2) is 11.5 Å². The predicted molar refractivity (Wildman–Crippen MR) is 157 cm³/mol. The van der Waals surface area contributed by atoms with Crippen molar-refractivity contribution in [2.24, 2.45) is 0 Å². The minimum Gasteiger partial charge on any atom is -0.493 e. The van der Waals surface area contributed by atoms with Gasteiger partial charge < -0.3 is 18.8 Å². The number of anilines is 1. The van der Waals surface area contributed by atoms with Crippen molar-refractivity contribution < 1.29 is 36.2 Å². The van der Waals surface area contributed by atoms with Gasteiger partial charge in [-0.15, -0.1) is 0 Å². The number of pyridine rings is 1. The van der Waals surface area contributed by atoms with Gasteiger partial charge in [0.1, 0.15) is 11.3 Å². The number of nitrogens with zero attached hydrogens (tertiary/aromatic N) is 3. The van der Waals surface area contributed by atoms with Crippen LogP contribution in [0.2, 0.25) is 0 Å². The Morgan fingerprint density at radius 1 is 0.977 bits per heavy atom. The maximum Gasteiger partial charge on any atom is 0.412 e. The molecule has 0 atom stereocenters. The van der Waals surface area contributed by atoms with Crippen LogP contribution >= 0.6 is 0 Å². The smallest absolute Gasteiger partial charge is 0.412 e. The average molecular weight is 629 g/mol. The molecular weight excluding hydrogens is 598 g/mol. The SMILES string of the molecule is COc1ccc(Cn2cc(-c3cc(C(F)F)nc(S(=O)(=O)c4cccc(NC(=O)OC(C)(C)C)c4)n3)ccc2=O)cc1OC. The quantitative estimate of drug-likeness (QED) is 0.239. The van der Waals surface area contributed by atoms with Crippen molar-refractivity contribution in [1.29, 1.82) is 0 Å². The second kappa shape index (κ2) is 12.8. The first kappa shape index (κ1) is 32.1. The Morgan fingerprint density at radius 3 is 2.36 bits per heavy atom. The number of nitrogens with one attached hydrogen (secondary N) is 1. The molecule has 0 aliphatic rings. The highest BCUT2D eigenvalue weighted by Gasteiger charge is 2.26. The van der Waals surface area contributed by atoms with Crippen molar-refractivity contribution >= 4 is 21.6 Å². The van der Waals surface area contributed by atoms with E-state index in [2.05, 4.69) is 15.3 Å². The molecule has 0 unspecified atom stereocenters. The fourth-order valence-corrected chi connectivity index (χ4v) is 5.27. The second-order valence-electron chi connectivity index (χ2n) is 10.5. The van der Waals surface area contributed by atoms with E-state index in [1.54, 1.807) is 39.0 Å². The number of sulfone groups is 1. The van der Waals surface area contributed by atoms with Gasteiger partial charge in [0, 0.05) is 23.5 Å². The Hall–Kier alpha value is -4.85. The number of alkyl halides is 2. The zero-order chi connectivity index (χ0) is 32.2. The molecule has 1 amide bonds. The summed E-state index contributed by atoms with van der Waals surface area (Å²) in [6, 6.07) is 13.8. The van der Waals surface area contributed by atoms with Crippen LogP contribution < -0.4 is 20.3 Å². The first-order chi connectivity index (χ1) is 20.7. The van der Waals surface area contributed by atoms with Gasteiger partial charge in [-0.3, -0.25) is 10.1 Å². The van der Waals surface area contributed by atoms with Crippen molar-refractivity contribution in [2.45, 2.75) is 49.4 Å². The van der Waals surface area contributed by atoms with Crippen LogP contribution in [0.15, 0.2) is 81.7 Å². The van der Waals surface area contributed by atoms with E-state index < -0.39 is 44.4 Å². The van der Waals surface area contributed by atoms with E-state index >= 15 is 0 Å². The summed E-state index contributed by atoms with van der Waals surface area (Å²) in [6.07, 6.45) is -2.55. The molecular formula is C30H30F2N4O7S. The zero-order valence-corrected chi connectivity index (χ0v) is 25.3. The topological polar surface area (TPSA) is 139 Å². The van der Waals surface area contributed by atoms with Crippen LogP contribution in [0.3, 0.4) is 0 Å². The van der Waals surface area contributed by atoms with E-state index in [0.717, 1.165) is 12.1 Å². The van der Waals surface area contributed by atoms with Crippen LogP contribution in [0.1, 0.15) is 38.5 Å².